The van der Waals surface area contributed by atoms with Gasteiger partial charge in [-0.25, -0.2) is 0 Å². The fourth-order valence-corrected chi connectivity index (χ4v) is 3.73. The third-order valence-electron chi connectivity index (χ3n) is 4.45. The molecule has 16 heavy (non-hydrogen) atoms. The van der Waals surface area contributed by atoms with Crippen molar-refractivity contribution in [2.45, 2.75) is 58.0 Å². The Morgan fingerprint density at radius 1 is 1.12 bits per heavy atom. The highest BCUT2D eigenvalue weighted by Crippen LogP contribution is 2.36. The van der Waals surface area contributed by atoms with Crippen LogP contribution in [0.15, 0.2) is 0 Å². The Bertz CT molecular complexity index is 257. The van der Waals surface area contributed by atoms with Crippen LogP contribution in [0.25, 0.3) is 0 Å². The predicted octanol–water partition coefficient (Wildman–Crippen LogP) is 2.36. The van der Waals surface area contributed by atoms with Crippen LogP contribution in [-0.2, 0) is 4.79 Å². The number of aliphatic carboxylic acids is 1. The summed E-state index contributed by atoms with van der Waals surface area (Å²) in [5.41, 5.74) is 0. The van der Waals surface area contributed by atoms with Gasteiger partial charge in [-0.1, -0.05) is 20.3 Å². The zero-order valence-corrected chi connectivity index (χ0v) is 10.4. The maximum absolute atomic E-state index is 11.2. The van der Waals surface area contributed by atoms with E-state index in [1.165, 1.54) is 19.3 Å². The molecule has 2 rings (SSSR count). The van der Waals surface area contributed by atoms with Crippen LogP contribution in [0.1, 0.15) is 46.0 Å². The monoisotopic (exact) mass is 225 g/mol. The van der Waals surface area contributed by atoms with E-state index in [0.717, 1.165) is 19.4 Å². The summed E-state index contributed by atoms with van der Waals surface area (Å²) in [6, 6.07) is 0.283. The number of likely N-dealkylation sites (tertiary alicyclic amines) is 1. The number of carboxylic acid groups (broad SMARTS) is 1. The lowest BCUT2D eigenvalue weighted by Gasteiger charge is -2.42. The lowest BCUT2D eigenvalue weighted by Crippen LogP contribution is -2.50. The summed E-state index contributed by atoms with van der Waals surface area (Å²) in [5.74, 6) is 0.690. The molecular weight excluding hydrogens is 202 g/mol. The van der Waals surface area contributed by atoms with E-state index in [0.29, 0.717) is 17.9 Å². The fraction of sp³-hybridized carbons (Fsp3) is 0.923. The minimum atomic E-state index is -0.623. The van der Waals surface area contributed by atoms with Crippen LogP contribution in [0.3, 0.4) is 0 Å². The van der Waals surface area contributed by atoms with Crippen LogP contribution >= 0.6 is 0 Å². The van der Waals surface area contributed by atoms with Gasteiger partial charge in [0.2, 0.25) is 0 Å². The number of rotatable bonds is 2. The number of carboxylic acids is 1. The maximum Gasteiger partial charge on any atom is 0.320 e. The molecule has 1 saturated carbocycles. The predicted molar refractivity (Wildman–Crippen MR) is 63.3 cm³/mol. The highest BCUT2D eigenvalue weighted by Gasteiger charge is 2.40. The molecule has 0 bridgehead atoms. The first-order chi connectivity index (χ1) is 7.61. The summed E-state index contributed by atoms with van der Waals surface area (Å²) in [7, 11) is 0. The van der Waals surface area contributed by atoms with Gasteiger partial charge in [-0.05, 0) is 44.1 Å². The molecule has 3 atom stereocenters. The number of hydrogen-bond donors (Lipinski definition) is 1. The van der Waals surface area contributed by atoms with E-state index >= 15 is 0 Å². The molecule has 2 aliphatic rings. The average Bonchev–Trinajstić information content (AvgIpc) is 2.66. The smallest absolute Gasteiger partial charge is 0.320 e. The second-order valence-electron chi connectivity index (χ2n) is 5.61. The molecule has 3 unspecified atom stereocenters. The zero-order chi connectivity index (χ0) is 11.7. The van der Waals surface area contributed by atoms with Gasteiger partial charge >= 0.3 is 5.97 Å². The molecule has 0 spiro atoms. The van der Waals surface area contributed by atoms with Crippen molar-refractivity contribution in [1.29, 1.82) is 0 Å². The summed E-state index contributed by atoms with van der Waals surface area (Å²) in [5, 5.41) is 9.25. The molecule has 1 N–H and O–H groups in total. The van der Waals surface area contributed by atoms with E-state index in [2.05, 4.69) is 18.7 Å². The molecule has 1 aliphatic heterocycles. The summed E-state index contributed by atoms with van der Waals surface area (Å²) in [4.78, 5) is 13.5. The van der Waals surface area contributed by atoms with Crippen molar-refractivity contribution in [3.63, 3.8) is 0 Å². The molecule has 0 aromatic rings. The van der Waals surface area contributed by atoms with Gasteiger partial charge in [0.15, 0.2) is 0 Å². The zero-order valence-electron chi connectivity index (χ0n) is 10.4. The van der Waals surface area contributed by atoms with Gasteiger partial charge in [0.1, 0.15) is 6.04 Å². The third-order valence-corrected chi connectivity index (χ3v) is 4.45. The topological polar surface area (TPSA) is 40.5 Å². The first-order valence-electron chi connectivity index (χ1n) is 6.60. The normalized spacial score (nSPS) is 41.1. The second-order valence-corrected chi connectivity index (χ2v) is 5.61. The lowest BCUT2D eigenvalue weighted by molar-refractivity contribution is -0.144. The van der Waals surface area contributed by atoms with Gasteiger partial charge in [-0.15, -0.1) is 0 Å². The highest BCUT2D eigenvalue weighted by molar-refractivity contribution is 5.73. The van der Waals surface area contributed by atoms with E-state index in [1.807, 2.05) is 0 Å². The largest absolute Gasteiger partial charge is 0.480 e. The van der Waals surface area contributed by atoms with Gasteiger partial charge in [0, 0.05) is 6.04 Å². The Hall–Kier alpha value is -0.570. The number of nitrogens with zero attached hydrogens (tertiary/aromatic N) is 1. The van der Waals surface area contributed by atoms with E-state index in [-0.39, 0.29) is 6.04 Å². The van der Waals surface area contributed by atoms with Crippen molar-refractivity contribution >= 4 is 5.97 Å². The van der Waals surface area contributed by atoms with Crippen molar-refractivity contribution in [1.82, 2.24) is 4.90 Å². The Morgan fingerprint density at radius 2 is 1.75 bits per heavy atom. The minimum absolute atomic E-state index is 0.215. The van der Waals surface area contributed by atoms with Crippen LogP contribution < -0.4 is 0 Å². The Labute approximate surface area is 97.8 Å². The summed E-state index contributed by atoms with van der Waals surface area (Å²) >= 11 is 0. The molecule has 0 amide bonds. The third kappa shape index (κ3) is 2.10. The summed E-state index contributed by atoms with van der Waals surface area (Å²) in [6.07, 6.45) is 5.72. The second kappa shape index (κ2) is 4.74. The van der Waals surface area contributed by atoms with Crippen LogP contribution in [0, 0.1) is 11.8 Å². The van der Waals surface area contributed by atoms with E-state index < -0.39 is 5.97 Å². The SMILES string of the molecule is CC1CCCC(C)C1N1CCCC1C(=O)O. The quantitative estimate of drug-likeness (QED) is 0.784. The molecule has 1 aliphatic carbocycles. The summed E-state index contributed by atoms with van der Waals surface area (Å²) < 4.78 is 0. The molecule has 1 saturated heterocycles. The maximum atomic E-state index is 11.2. The molecule has 3 heteroatoms. The van der Waals surface area contributed by atoms with E-state index in [4.69, 9.17) is 0 Å². The van der Waals surface area contributed by atoms with Gasteiger partial charge in [-0.3, -0.25) is 9.69 Å². The minimum Gasteiger partial charge on any atom is -0.480 e. The first kappa shape index (κ1) is 11.9. The molecule has 0 aromatic carbocycles. The molecule has 2 fully saturated rings. The van der Waals surface area contributed by atoms with Crippen molar-refractivity contribution < 1.29 is 9.90 Å². The van der Waals surface area contributed by atoms with Gasteiger partial charge < -0.3 is 5.11 Å². The van der Waals surface area contributed by atoms with E-state index in [9.17, 15) is 9.90 Å². The number of hydrogen-bond acceptors (Lipinski definition) is 2. The Morgan fingerprint density at radius 3 is 2.31 bits per heavy atom. The van der Waals surface area contributed by atoms with Crippen molar-refractivity contribution in [3.8, 4) is 0 Å². The first-order valence-corrected chi connectivity index (χ1v) is 6.60. The molecule has 1 heterocycles. The Balaban J connectivity index is 2.12. The number of carbonyl (C=O) groups is 1. The van der Waals surface area contributed by atoms with Gasteiger partial charge in [0.25, 0.3) is 0 Å². The molecule has 0 radical (unpaired) electrons. The molecular formula is C13H23NO2. The fourth-order valence-electron chi connectivity index (χ4n) is 3.73. The lowest BCUT2D eigenvalue weighted by atomic mass is 9.77. The molecule has 0 aromatic heterocycles. The summed E-state index contributed by atoms with van der Waals surface area (Å²) in [6.45, 7) is 5.56. The van der Waals surface area contributed by atoms with Crippen molar-refractivity contribution in [2.24, 2.45) is 11.8 Å². The van der Waals surface area contributed by atoms with Gasteiger partial charge in [0.05, 0.1) is 0 Å². The van der Waals surface area contributed by atoms with Crippen LogP contribution in [0.5, 0.6) is 0 Å². The Kier molecular flexibility index (Phi) is 3.53. The van der Waals surface area contributed by atoms with Crippen LogP contribution in [0.4, 0.5) is 0 Å². The van der Waals surface area contributed by atoms with Crippen LogP contribution in [-0.4, -0.2) is 34.6 Å². The standard InChI is InChI=1S/C13H23NO2/c1-9-5-3-6-10(2)12(9)14-8-4-7-11(14)13(15)16/h9-12H,3-8H2,1-2H3,(H,15,16). The van der Waals surface area contributed by atoms with Crippen LogP contribution in [0.2, 0.25) is 0 Å². The van der Waals surface area contributed by atoms with E-state index in [1.54, 1.807) is 0 Å². The average molecular weight is 225 g/mol. The molecule has 3 nitrogen and oxygen atoms in total. The van der Waals surface area contributed by atoms with Crippen molar-refractivity contribution in [2.75, 3.05) is 6.54 Å². The van der Waals surface area contributed by atoms with Crippen molar-refractivity contribution in [3.05, 3.63) is 0 Å². The molecule has 92 valence electrons. The highest BCUT2D eigenvalue weighted by atomic mass is 16.4. The van der Waals surface area contributed by atoms with Gasteiger partial charge in [-0.2, -0.15) is 0 Å².